The van der Waals surface area contributed by atoms with Crippen molar-refractivity contribution in [2.45, 2.75) is 37.0 Å². The van der Waals surface area contributed by atoms with Crippen molar-refractivity contribution in [3.63, 3.8) is 0 Å². The van der Waals surface area contributed by atoms with Crippen LogP contribution < -0.4 is 14.2 Å². The van der Waals surface area contributed by atoms with Crippen LogP contribution >= 0.6 is 11.6 Å². The lowest BCUT2D eigenvalue weighted by atomic mass is 9.75. The number of sulfonamides is 1. The van der Waals surface area contributed by atoms with Crippen LogP contribution in [-0.4, -0.2) is 81.4 Å². The summed E-state index contributed by atoms with van der Waals surface area (Å²) in [6.45, 7) is 1.51. The Labute approximate surface area is 218 Å². The number of anilines is 1. The van der Waals surface area contributed by atoms with E-state index in [1.807, 2.05) is 0 Å². The molecule has 4 rings (SSSR count). The molecule has 3 aromatic heterocycles. The summed E-state index contributed by atoms with van der Waals surface area (Å²) in [5, 5.41) is 17.1. The molecule has 1 fully saturated rings. The third kappa shape index (κ3) is 5.30. The van der Waals surface area contributed by atoms with Gasteiger partial charge < -0.3 is 19.3 Å². The molecule has 0 saturated heterocycles. The number of nitrogens with one attached hydrogen (secondary N) is 1. The van der Waals surface area contributed by atoms with E-state index in [9.17, 15) is 13.5 Å². The molecule has 0 spiro atoms. The van der Waals surface area contributed by atoms with E-state index in [4.69, 9.17) is 25.8 Å². The second-order valence-electron chi connectivity index (χ2n) is 8.44. The number of hydrogen-bond acceptors (Lipinski definition) is 12. The van der Waals surface area contributed by atoms with Gasteiger partial charge >= 0.3 is 0 Å². The minimum absolute atomic E-state index is 0.0495. The Morgan fingerprint density at radius 2 is 1.73 bits per heavy atom. The number of halogens is 1. The molecular weight excluding hydrogens is 528 g/mol. The van der Waals surface area contributed by atoms with Crippen LogP contribution in [0.1, 0.15) is 43.4 Å². The standard InChI is InChI=1S/C21H27ClN8O6S/c1-11(16(34-2)17-23-7-14(22)8-24-17)37(32,33)29-21-28-27-18(13-5-12(6-13)9-31)30(21)15-19(35-3)25-10-26-20(15)36-4/h7-8,10-13,16,31H,5-6,9H2,1-4H3,(H,28,29). The smallest absolute Gasteiger partial charge is 0.245 e. The summed E-state index contributed by atoms with van der Waals surface area (Å²) in [5.41, 5.74) is 0.231. The van der Waals surface area contributed by atoms with Crippen molar-refractivity contribution in [3.05, 3.63) is 35.4 Å². The second-order valence-corrected chi connectivity index (χ2v) is 10.9. The number of methoxy groups -OCH3 is 3. The first-order chi connectivity index (χ1) is 17.7. The molecule has 0 amide bonds. The summed E-state index contributed by atoms with van der Waals surface area (Å²) >= 11 is 5.87. The third-order valence-corrected chi connectivity index (χ3v) is 8.10. The van der Waals surface area contributed by atoms with Crippen molar-refractivity contribution in [3.8, 4) is 17.4 Å². The van der Waals surface area contributed by atoms with Crippen LogP contribution in [0.5, 0.6) is 11.8 Å². The summed E-state index contributed by atoms with van der Waals surface area (Å²) in [6, 6.07) is 0. The molecule has 0 radical (unpaired) electrons. The SMILES string of the molecule is COc1ncnc(OC)c1-n1c(NS(=O)(=O)C(C)C(OC)c2ncc(Cl)cn2)nnc1C1CC(CO)C1. The van der Waals surface area contributed by atoms with Crippen LogP contribution in [0.2, 0.25) is 5.02 Å². The van der Waals surface area contributed by atoms with E-state index in [0.29, 0.717) is 23.7 Å². The average molecular weight is 555 g/mol. The first-order valence-electron chi connectivity index (χ1n) is 11.2. The summed E-state index contributed by atoms with van der Waals surface area (Å²) in [7, 11) is 0.0554. The van der Waals surface area contributed by atoms with E-state index < -0.39 is 21.4 Å². The monoisotopic (exact) mass is 554 g/mol. The zero-order valence-corrected chi connectivity index (χ0v) is 22.1. The maximum absolute atomic E-state index is 13.5. The quantitative estimate of drug-likeness (QED) is 0.350. The molecule has 2 atom stereocenters. The van der Waals surface area contributed by atoms with Crippen molar-refractivity contribution < 1.29 is 27.7 Å². The van der Waals surface area contributed by atoms with Crippen LogP contribution in [0.3, 0.4) is 0 Å². The van der Waals surface area contributed by atoms with E-state index in [1.165, 1.54) is 51.5 Å². The van der Waals surface area contributed by atoms with Gasteiger partial charge in [0.25, 0.3) is 0 Å². The van der Waals surface area contributed by atoms with Crippen LogP contribution in [0.4, 0.5) is 5.95 Å². The fourth-order valence-electron chi connectivity index (χ4n) is 4.14. The van der Waals surface area contributed by atoms with Gasteiger partial charge in [0.2, 0.25) is 27.7 Å². The van der Waals surface area contributed by atoms with Crippen molar-refractivity contribution in [2.24, 2.45) is 5.92 Å². The summed E-state index contributed by atoms with van der Waals surface area (Å²) in [6.07, 6.45) is 4.27. The van der Waals surface area contributed by atoms with Gasteiger partial charge in [0, 0.05) is 32.0 Å². The molecule has 3 heterocycles. The number of aliphatic hydroxyl groups excluding tert-OH is 1. The Morgan fingerprint density at radius 1 is 1.11 bits per heavy atom. The van der Waals surface area contributed by atoms with Gasteiger partial charge in [-0.05, 0) is 25.7 Å². The van der Waals surface area contributed by atoms with Gasteiger partial charge in [0.1, 0.15) is 23.5 Å². The number of aromatic nitrogens is 7. The summed E-state index contributed by atoms with van der Waals surface area (Å²) < 4.78 is 47.3. The average Bonchev–Trinajstić information content (AvgIpc) is 3.25. The molecule has 0 aliphatic heterocycles. The maximum atomic E-state index is 13.5. The van der Waals surface area contributed by atoms with Crippen molar-refractivity contribution in [2.75, 3.05) is 32.7 Å². The van der Waals surface area contributed by atoms with Gasteiger partial charge in [0.05, 0.1) is 19.2 Å². The Kier molecular flexibility index (Phi) is 8.06. The minimum atomic E-state index is -4.14. The summed E-state index contributed by atoms with van der Waals surface area (Å²) in [4.78, 5) is 16.5. The molecule has 2 unspecified atom stereocenters. The van der Waals surface area contributed by atoms with E-state index in [1.54, 1.807) is 0 Å². The van der Waals surface area contributed by atoms with Crippen LogP contribution in [-0.2, 0) is 14.8 Å². The molecule has 1 aliphatic carbocycles. The lowest BCUT2D eigenvalue weighted by Gasteiger charge is -2.33. The second kappa shape index (κ2) is 11.1. The van der Waals surface area contributed by atoms with Gasteiger partial charge in [-0.15, -0.1) is 10.2 Å². The Hall–Kier alpha value is -3.14. The topological polar surface area (TPSA) is 176 Å². The third-order valence-electron chi connectivity index (χ3n) is 6.21. The molecule has 2 N–H and O–H groups in total. The highest BCUT2D eigenvalue weighted by Crippen LogP contribution is 2.43. The molecular formula is C21H27ClN8O6S. The minimum Gasteiger partial charge on any atom is -0.479 e. The molecule has 200 valence electrons. The van der Waals surface area contributed by atoms with E-state index in [0.717, 1.165) is 0 Å². The molecule has 0 bridgehead atoms. The first kappa shape index (κ1) is 26.9. The largest absolute Gasteiger partial charge is 0.479 e. The zero-order valence-electron chi connectivity index (χ0n) is 20.6. The predicted molar refractivity (Wildman–Crippen MR) is 131 cm³/mol. The highest BCUT2D eigenvalue weighted by atomic mass is 35.5. The normalized spacial score (nSPS) is 19.1. The molecule has 1 saturated carbocycles. The maximum Gasteiger partial charge on any atom is 0.245 e. The summed E-state index contributed by atoms with van der Waals surface area (Å²) in [5.74, 6) is 0.763. The predicted octanol–water partition coefficient (Wildman–Crippen LogP) is 1.52. The number of rotatable bonds is 11. The molecule has 1 aliphatic rings. The van der Waals surface area contributed by atoms with Crippen molar-refractivity contribution >= 4 is 27.6 Å². The number of ether oxygens (including phenoxy) is 3. The highest BCUT2D eigenvalue weighted by molar-refractivity contribution is 7.93. The lowest BCUT2D eigenvalue weighted by Crippen LogP contribution is -2.34. The van der Waals surface area contributed by atoms with E-state index in [-0.39, 0.29) is 47.7 Å². The van der Waals surface area contributed by atoms with Gasteiger partial charge in [-0.1, -0.05) is 11.6 Å². The van der Waals surface area contributed by atoms with Gasteiger partial charge in [-0.2, -0.15) is 9.97 Å². The number of aliphatic hydroxyl groups is 1. The fourth-order valence-corrected chi connectivity index (χ4v) is 5.37. The van der Waals surface area contributed by atoms with E-state index in [2.05, 4.69) is 34.9 Å². The first-order valence-corrected chi connectivity index (χ1v) is 13.2. The van der Waals surface area contributed by atoms with Gasteiger partial charge in [-0.25, -0.2) is 18.4 Å². The van der Waals surface area contributed by atoms with Crippen LogP contribution in [0, 0.1) is 5.92 Å². The molecule has 0 aromatic carbocycles. The molecule has 37 heavy (non-hydrogen) atoms. The van der Waals surface area contributed by atoms with Crippen LogP contribution in [0.15, 0.2) is 18.7 Å². The molecule has 3 aromatic rings. The fraction of sp³-hybridized carbons (Fsp3) is 0.524. The lowest BCUT2D eigenvalue weighted by molar-refractivity contribution is 0.0950. The number of nitrogens with zero attached hydrogens (tertiary/aromatic N) is 7. The number of hydrogen-bond donors (Lipinski definition) is 2. The zero-order chi connectivity index (χ0) is 26.7. The van der Waals surface area contributed by atoms with Gasteiger partial charge in [-0.3, -0.25) is 9.29 Å². The van der Waals surface area contributed by atoms with E-state index >= 15 is 0 Å². The Bertz CT molecular complexity index is 1310. The molecule has 14 nitrogen and oxygen atoms in total. The van der Waals surface area contributed by atoms with Crippen molar-refractivity contribution in [1.82, 2.24) is 34.7 Å². The Balaban J connectivity index is 1.76. The highest BCUT2D eigenvalue weighted by Gasteiger charge is 2.38. The van der Waals surface area contributed by atoms with Crippen molar-refractivity contribution in [1.29, 1.82) is 0 Å². The van der Waals surface area contributed by atoms with Gasteiger partial charge in [0.15, 0.2) is 11.5 Å². The molecule has 16 heteroatoms. The Morgan fingerprint density at radius 3 is 2.27 bits per heavy atom. The van der Waals surface area contributed by atoms with Crippen LogP contribution in [0.25, 0.3) is 5.69 Å².